The number of nitrogens with zero attached hydrogens (tertiary/aromatic N) is 3. The number of rotatable bonds is 4. The number of carbonyl (C=O) groups excluding carboxylic acids is 1. The van der Waals surface area contributed by atoms with Crippen molar-refractivity contribution >= 4 is 17.6 Å². The fraction of sp³-hybridized carbons (Fsp3) is 0.643. The summed E-state index contributed by atoms with van der Waals surface area (Å²) in [7, 11) is 1.43. The molecule has 110 valence electrons. The molecule has 5 nitrogen and oxygen atoms in total. The number of methoxy groups -OCH3 is 1. The number of likely N-dealkylation sites (tertiary alicyclic amines) is 1. The molecule has 1 aliphatic rings. The van der Waals surface area contributed by atoms with E-state index in [1.807, 2.05) is 6.92 Å². The van der Waals surface area contributed by atoms with Crippen LogP contribution in [0, 0.1) is 6.92 Å². The van der Waals surface area contributed by atoms with Gasteiger partial charge in [-0.25, -0.2) is 9.97 Å². The number of aryl methyl sites for hydroxylation is 1. The molecule has 1 aromatic heterocycles. The lowest BCUT2D eigenvalue weighted by atomic mass is 9.99. The third-order valence-corrected chi connectivity index (χ3v) is 3.79. The van der Waals surface area contributed by atoms with E-state index in [1.54, 1.807) is 6.07 Å². The summed E-state index contributed by atoms with van der Waals surface area (Å²) in [5.74, 6) is 0.553. The molecule has 0 spiro atoms. The molecule has 1 fully saturated rings. The number of halogens is 1. The molecular formula is C14H20ClN3O2. The molecule has 0 bridgehead atoms. The predicted molar refractivity (Wildman–Crippen MR) is 76.5 cm³/mol. The van der Waals surface area contributed by atoms with Crippen molar-refractivity contribution in [3.8, 4) is 0 Å². The molecule has 6 heteroatoms. The van der Waals surface area contributed by atoms with Crippen molar-refractivity contribution in [3.63, 3.8) is 0 Å². The van der Waals surface area contributed by atoms with Crippen molar-refractivity contribution < 1.29 is 9.53 Å². The van der Waals surface area contributed by atoms with Crippen molar-refractivity contribution in [2.24, 2.45) is 0 Å². The maximum atomic E-state index is 11.5. The normalized spacial score (nSPS) is 19.9. The van der Waals surface area contributed by atoms with Crippen molar-refractivity contribution in [1.29, 1.82) is 0 Å². The van der Waals surface area contributed by atoms with Gasteiger partial charge in [-0.2, -0.15) is 0 Å². The molecule has 20 heavy (non-hydrogen) atoms. The summed E-state index contributed by atoms with van der Waals surface area (Å²) < 4.78 is 4.77. The van der Waals surface area contributed by atoms with Gasteiger partial charge in [0.2, 0.25) is 0 Å². The SMILES string of the molecule is COC(=O)CC1CCCCN1Cc1nc(C)cc(Cl)n1. The maximum Gasteiger partial charge on any atom is 0.307 e. The second-order valence-corrected chi connectivity index (χ2v) is 5.54. The quantitative estimate of drug-likeness (QED) is 0.631. The van der Waals surface area contributed by atoms with E-state index in [4.69, 9.17) is 16.3 Å². The number of ether oxygens (including phenoxy) is 1. The van der Waals surface area contributed by atoms with Crippen LogP contribution in [0.5, 0.6) is 0 Å². The number of piperidine rings is 1. The first-order chi connectivity index (χ1) is 9.58. The van der Waals surface area contributed by atoms with E-state index in [2.05, 4.69) is 14.9 Å². The highest BCUT2D eigenvalue weighted by molar-refractivity contribution is 6.29. The first-order valence-electron chi connectivity index (χ1n) is 6.89. The Kier molecular flexibility index (Phi) is 5.31. The minimum absolute atomic E-state index is 0.162. The first-order valence-corrected chi connectivity index (χ1v) is 7.27. The van der Waals surface area contributed by atoms with Crippen molar-refractivity contribution in [1.82, 2.24) is 14.9 Å². The van der Waals surface area contributed by atoms with Crippen LogP contribution in [0.4, 0.5) is 0 Å². The van der Waals surface area contributed by atoms with Crippen LogP contribution in [0.1, 0.15) is 37.2 Å². The Labute approximate surface area is 124 Å². The summed E-state index contributed by atoms with van der Waals surface area (Å²) >= 11 is 5.97. The van der Waals surface area contributed by atoms with Crippen molar-refractivity contribution in [2.45, 2.75) is 45.2 Å². The highest BCUT2D eigenvalue weighted by Gasteiger charge is 2.25. The Balaban J connectivity index is 2.06. The van der Waals surface area contributed by atoms with E-state index in [9.17, 15) is 4.79 Å². The minimum atomic E-state index is -0.162. The molecule has 1 aromatic rings. The Morgan fingerprint density at radius 3 is 3.00 bits per heavy atom. The van der Waals surface area contributed by atoms with Gasteiger partial charge in [0.15, 0.2) is 0 Å². The third-order valence-electron chi connectivity index (χ3n) is 3.59. The first kappa shape index (κ1) is 15.2. The van der Waals surface area contributed by atoms with E-state index in [0.29, 0.717) is 23.9 Å². The average Bonchev–Trinajstić information content (AvgIpc) is 2.39. The molecule has 0 amide bonds. The lowest BCUT2D eigenvalue weighted by Gasteiger charge is -2.34. The molecule has 1 saturated heterocycles. The smallest absolute Gasteiger partial charge is 0.307 e. The molecule has 0 aromatic carbocycles. The number of hydrogen-bond donors (Lipinski definition) is 0. The van der Waals surface area contributed by atoms with Crippen molar-refractivity contribution in [3.05, 3.63) is 22.7 Å². The van der Waals surface area contributed by atoms with E-state index in [0.717, 1.165) is 31.5 Å². The highest BCUT2D eigenvalue weighted by atomic mass is 35.5. The van der Waals surface area contributed by atoms with Gasteiger partial charge >= 0.3 is 5.97 Å². The number of hydrogen-bond acceptors (Lipinski definition) is 5. The number of esters is 1. The second kappa shape index (κ2) is 6.99. The lowest BCUT2D eigenvalue weighted by Crippen LogP contribution is -2.40. The molecule has 0 N–H and O–H groups in total. The van der Waals surface area contributed by atoms with E-state index in [-0.39, 0.29) is 12.0 Å². The van der Waals surface area contributed by atoms with Gasteiger partial charge in [0.25, 0.3) is 0 Å². The second-order valence-electron chi connectivity index (χ2n) is 5.15. The van der Waals surface area contributed by atoms with Gasteiger partial charge in [0.1, 0.15) is 11.0 Å². The lowest BCUT2D eigenvalue weighted by molar-refractivity contribution is -0.142. The summed E-state index contributed by atoms with van der Waals surface area (Å²) in [6.07, 6.45) is 3.72. The summed E-state index contributed by atoms with van der Waals surface area (Å²) in [5, 5.41) is 0.467. The van der Waals surface area contributed by atoms with Crippen LogP contribution >= 0.6 is 11.6 Å². The van der Waals surface area contributed by atoms with Crippen LogP contribution in [-0.4, -0.2) is 40.5 Å². The van der Waals surface area contributed by atoms with E-state index < -0.39 is 0 Å². The van der Waals surface area contributed by atoms with Crippen LogP contribution in [0.15, 0.2) is 6.07 Å². The molecule has 2 heterocycles. The fourth-order valence-electron chi connectivity index (χ4n) is 2.62. The third kappa shape index (κ3) is 4.15. The molecule has 1 atom stereocenters. The van der Waals surface area contributed by atoms with Crippen molar-refractivity contribution in [2.75, 3.05) is 13.7 Å². The standard InChI is InChI=1S/C14H20ClN3O2/c1-10-7-12(15)17-13(16-10)9-18-6-4-3-5-11(18)8-14(19)20-2/h7,11H,3-6,8-9H2,1-2H3. The summed E-state index contributed by atoms with van der Waals surface area (Å²) in [6, 6.07) is 1.95. The van der Waals surface area contributed by atoms with Crippen LogP contribution in [0.2, 0.25) is 5.15 Å². The van der Waals surface area contributed by atoms with Crippen LogP contribution in [0.25, 0.3) is 0 Å². The largest absolute Gasteiger partial charge is 0.469 e. The number of aromatic nitrogens is 2. The van der Waals surface area contributed by atoms with Crippen LogP contribution in [-0.2, 0) is 16.1 Å². The predicted octanol–water partition coefficient (Wildman–Crippen LogP) is 2.36. The Bertz CT molecular complexity index is 461. The Morgan fingerprint density at radius 1 is 1.50 bits per heavy atom. The molecule has 1 unspecified atom stereocenters. The summed E-state index contributed by atoms with van der Waals surface area (Å²) in [6.45, 7) is 3.48. The topological polar surface area (TPSA) is 55.3 Å². The Morgan fingerprint density at radius 2 is 2.30 bits per heavy atom. The molecule has 2 rings (SSSR count). The van der Waals surface area contributed by atoms with Gasteiger partial charge < -0.3 is 4.74 Å². The number of carbonyl (C=O) groups is 1. The molecule has 0 radical (unpaired) electrons. The molecule has 1 aliphatic heterocycles. The van der Waals surface area contributed by atoms with Gasteiger partial charge in [-0.05, 0) is 32.4 Å². The van der Waals surface area contributed by atoms with Crippen LogP contribution < -0.4 is 0 Å². The maximum absolute atomic E-state index is 11.5. The molecule has 0 saturated carbocycles. The van der Waals surface area contributed by atoms with Crippen LogP contribution in [0.3, 0.4) is 0 Å². The summed E-state index contributed by atoms with van der Waals surface area (Å²) in [4.78, 5) is 22.4. The summed E-state index contributed by atoms with van der Waals surface area (Å²) in [5.41, 5.74) is 0.863. The average molecular weight is 298 g/mol. The van der Waals surface area contributed by atoms with Gasteiger partial charge in [0, 0.05) is 11.7 Å². The highest BCUT2D eigenvalue weighted by Crippen LogP contribution is 2.22. The van der Waals surface area contributed by atoms with Gasteiger partial charge in [-0.3, -0.25) is 9.69 Å². The molecule has 0 aliphatic carbocycles. The van der Waals surface area contributed by atoms with E-state index in [1.165, 1.54) is 7.11 Å². The minimum Gasteiger partial charge on any atom is -0.469 e. The van der Waals surface area contributed by atoms with Gasteiger partial charge in [0.05, 0.1) is 20.1 Å². The fourth-order valence-corrected chi connectivity index (χ4v) is 2.87. The monoisotopic (exact) mass is 297 g/mol. The Hall–Kier alpha value is -1.20. The van der Waals surface area contributed by atoms with Gasteiger partial charge in [-0.1, -0.05) is 18.0 Å². The zero-order chi connectivity index (χ0) is 14.5. The van der Waals surface area contributed by atoms with E-state index >= 15 is 0 Å². The van der Waals surface area contributed by atoms with Gasteiger partial charge in [-0.15, -0.1) is 0 Å². The molecular weight excluding hydrogens is 278 g/mol. The zero-order valence-corrected chi connectivity index (χ0v) is 12.7. The zero-order valence-electron chi connectivity index (χ0n) is 11.9.